The summed E-state index contributed by atoms with van der Waals surface area (Å²) in [7, 11) is 1.44. The van der Waals surface area contributed by atoms with E-state index in [0.29, 0.717) is 35.0 Å². The number of fused-ring (bicyclic) bond motifs is 1. The van der Waals surface area contributed by atoms with Crippen molar-refractivity contribution >= 4 is 16.9 Å². The highest BCUT2D eigenvalue weighted by atomic mass is 19.1. The molecule has 2 aliphatic heterocycles. The molecule has 2 saturated heterocycles. The maximum atomic E-state index is 14.8. The van der Waals surface area contributed by atoms with Crippen molar-refractivity contribution in [3.05, 3.63) is 23.8 Å². The molecule has 3 unspecified atom stereocenters. The number of ether oxygens (including phenoxy) is 1. The summed E-state index contributed by atoms with van der Waals surface area (Å²) in [4.78, 5) is 22.7. The maximum absolute atomic E-state index is 14.8. The van der Waals surface area contributed by atoms with Crippen molar-refractivity contribution in [1.29, 1.82) is 0 Å². The molecular formula is C22H28FN3O2. The Morgan fingerprint density at radius 3 is 2.75 bits per heavy atom. The van der Waals surface area contributed by atoms with Gasteiger partial charge in [-0.15, -0.1) is 0 Å². The van der Waals surface area contributed by atoms with E-state index in [4.69, 9.17) is 4.74 Å². The average Bonchev–Trinajstić information content (AvgIpc) is 3.05. The summed E-state index contributed by atoms with van der Waals surface area (Å²) in [6, 6.07) is 0.801. The number of hydrogen-bond acceptors (Lipinski definition) is 3. The molecule has 6 heteroatoms. The van der Waals surface area contributed by atoms with Gasteiger partial charge in [0.2, 0.25) is 5.91 Å². The molecule has 2 aromatic heterocycles. The van der Waals surface area contributed by atoms with Crippen LogP contribution in [-0.4, -0.2) is 40.0 Å². The van der Waals surface area contributed by atoms with Gasteiger partial charge in [-0.1, -0.05) is 13.8 Å². The number of aromatic amines is 1. The minimum atomic E-state index is -0.411. The van der Waals surface area contributed by atoms with Gasteiger partial charge in [0, 0.05) is 24.7 Å². The molecular weight excluding hydrogens is 357 g/mol. The molecule has 2 saturated carbocycles. The molecule has 2 aliphatic carbocycles. The number of methoxy groups -OCH3 is 1. The predicted octanol–water partition coefficient (Wildman–Crippen LogP) is 4.38. The summed E-state index contributed by atoms with van der Waals surface area (Å²) >= 11 is 0. The number of piperidine rings is 2. The average molecular weight is 385 g/mol. The van der Waals surface area contributed by atoms with Gasteiger partial charge in [-0.3, -0.25) is 4.79 Å². The molecule has 28 heavy (non-hydrogen) atoms. The van der Waals surface area contributed by atoms with Crippen LogP contribution >= 0.6 is 0 Å². The van der Waals surface area contributed by atoms with Crippen LogP contribution in [0.4, 0.5) is 4.39 Å². The third-order valence-corrected chi connectivity index (χ3v) is 7.39. The topological polar surface area (TPSA) is 58.2 Å². The summed E-state index contributed by atoms with van der Waals surface area (Å²) in [6.07, 6.45) is 9.51. The second-order valence-corrected chi connectivity index (χ2v) is 9.58. The second-order valence-electron chi connectivity index (χ2n) is 9.58. The molecule has 0 aromatic carbocycles. The van der Waals surface area contributed by atoms with Crippen LogP contribution in [0, 0.1) is 17.2 Å². The lowest BCUT2D eigenvalue weighted by atomic mass is 9.56. The summed E-state index contributed by atoms with van der Waals surface area (Å²) in [5, 5.41) is 0.437. The van der Waals surface area contributed by atoms with Crippen LogP contribution in [0.15, 0.2) is 12.4 Å². The molecule has 0 spiro atoms. The molecule has 1 amide bonds. The number of pyridine rings is 1. The zero-order valence-electron chi connectivity index (χ0n) is 16.8. The van der Waals surface area contributed by atoms with Crippen molar-refractivity contribution in [3.63, 3.8) is 0 Å². The van der Waals surface area contributed by atoms with E-state index >= 15 is 0 Å². The van der Waals surface area contributed by atoms with Crippen LogP contribution in [0.1, 0.15) is 63.9 Å². The van der Waals surface area contributed by atoms with Gasteiger partial charge >= 0.3 is 0 Å². The van der Waals surface area contributed by atoms with E-state index in [9.17, 15) is 9.18 Å². The zero-order chi connectivity index (χ0) is 19.6. The standard InChI is InChI=1S/C22H28FN3O2/c1-12(16-10-24-21-19(16)20(23)17(28-3)11-25-21)4-18(27)26-14-5-13-6-15(26)9-22(2,7-13)8-14/h10-15H,4-9H2,1-3H3,(H,24,25). The molecule has 1 N–H and O–H groups in total. The molecule has 4 aliphatic rings. The molecule has 3 atom stereocenters. The molecule has 4 fully saturated rings. The molecule has 6 rings (SSSR count). The van der Waals surface area contributed by atoms with E-state index in [2.05, 4.69) is 21.8 Å². The minimum Gasteiger partial charge on any atom is -0.492 e. The largest absolute Gasteiger partial charge is 0.492 e. The van der Waals surface area contributed by atoms with Crippen molar-refractivity contribution in [2.24, 2.45) is 11.3 Å². The first-order valence-electron chi connectivity index (χ1n) is 10.4. The van der Waals surface area contributed by atoms with Crippen molar-refractivity contribution in [2.75, 3.05) is 7.11 Å². The SMILES string of the molecule is COc1cnc2[nH]cc(C(C)CC(=O)N3C4CC5CC3CC(C)(C5)C4)c2c1F. The highest BCUT2D eigenvalue weighted by molar-refractivity contribution is 5.84. The maximum Gasteiger partial charge on any atom is 0.223 e. The Kier molecular flexibility index (Phi) is 3.97. The summed E-state index contributed by atoms with van der Waals surface area (Å²) in [6.45, 7) is 4.40. The lowest BCUT2D eigenvalue weighted by molar-refractivity contribution is -0.156. The fourth-order valence-electron chi connectivity index (χ4n) is 6.48. The van der Waals surface area contributed by atoms with Gasteiger partial charge in [0.15, 0.2) is 11.6 Å². The van der Waals surface area contributed by atoms with Crippen LogP contribution < -0.4 is 4.74 Å². The highest BCUT2D eigenvalue weighted by Gasteiger charge is 2.53. The Labute approximate surface area is 164 Å². The first kappa shape index (κ1) is 18.0. The number of H-pyrrole nitrogens is 1. The second kappa shape index (κ2) is 6.19. The molecule has 0 radical (unpaired) electrons. The summed E-state index contributed by atoms with van der Waals surface area (Å²) in [5.74, 6) is 0.647. The molecule has 4 bridgehead atoms. The van der Waals surface area contributed by atoms with E-state index in [1.165, 1.54) is 19.7 Å². The Hall–Kier alpha value is -2.11. The Morgan fingerprint density at radius 2 is 2.11 bits per heavy atom. The number of halogens is 1. The van der Waals surface area contributed by atoms with Gasteiger partial charge in [0.05, 0.1) is 18.7 Å². The number of aromatic nitrogens is 2. The van der Waals surface area contributed by atoms with Gasteiger partial charge in [-0.2, -0.15) is 0 Å². The molecule has 4 heterocycles. The van der Waals surface area contributed by atoms with E-state index in [0.717, 1.165) is 37.2 Å². The van der Waals surface area contributed by atoms with Crippen molar-refractivity contribution in [1.82, 2.24) is 14.9 Å². The number of hydrogen-bond donors (Lipinski definition) is 1. The van der Waals surface area contributed by atoms with Crippen LogP contribution in [0.25, 0.3) is 11.0 Å². The number of carbonyl (C=O) groups excluding carboxylic acids is 1. The number of amides is 1. The van der Waals surface area contributed by atoms with E-state index in [1.807, 2.05) is 6.92 Å². The third-order valence-electron chi connectivity index (χ3n) is 7.39. The van der Waals surface area contributed by atoms with E-state index in [1.54, 1.807) is 6.20 Å². The van der Waals surface area contributed by atoms with Crippen LogP contribution in [0.3, 0.4) is 0 Å². The van der Waals surface area contributed by atoms with E-state index in [-0.39, 0.29) is 17.6 Å². The smallest absolute Gasteiger partial charge is 0.223 e. The molecule has 2 aromatic rings. The number of nitrogens with one attached hydrogen (secondary N) is 1. The zero-order valence-corrected chi connectivity index (χ0v) is 16.8. The van der Waals surface area contributed by atoms with Gasteiger partial charge in [-0.05, 0) is 54.9 Å². The first-order valence-corrected chi connectivity index (χ1v) is 10.4. The number of rotatable bonds is 4. The first-order chi connectivity index (χ1) is 13.4. The number of carbonyl (C=O) groups is 1. The fourth-order valence-corrected chi connectivity index (χ4v) is 6.48. The van der Waals surface area contributed by atoms with Gasteiger partial charge < -0.3 is 14.6 Å². The quantitative estimate of drug-likeness (QED) is 0.849. The van der Waals surface area contributed by atoms with E-state index < -0.39 is 5.82 Å². The van der Waals surface area contributed by atoms with Gasteiger partial charge in [0.1, 0.15) is 5.65 Å². The number of nitrogens with zero attached hydrogens (tertiary/aromatic N) is 2. The summed E-state index contributed by atoms with van der Waals surface area (Å²) < 4.78 is 19.9. The Morgan fingerprint density at radius 1 is 1.39 bits per heavy atom. The lowest BCUT2D eigenvalue weighted by Crippen LogP contribution is -2.62. The van der Waals surface area contributed by atoms with Crippen molar-refractivity contribution in [2.45, 2.75) is 70.4 Å². The molecule has 5 nitrogen and oxygen atoms in total. The fraction of sp³-hybridized carbons (Fsp3) is 0.636. The van der Waals surface area contributed by atoms with Crippen LogP contribution in [-0.2, 0) is 4.79 Å². The summed E-state index contributed by atoms with van der Waals surface area (Å²) in [5.41, 5.74) is 1.72. The van der Waals surface area contributed by atoms with Gasteiger partial charge in [-0.25, -0.2) is 9.37 Å². The third kappa shape index (κ3) is 2.64. The lowest BCUT2D eigenvalue weighted by Gasteiger charge is -2.61. The Bertz CT molecular complexity index is 923. The monoisotopic (exact) mass is 385 g/mol. The van der Waals surface area contributed by atoms with Crippen LogP contribution in [0.2, 0.25) is 0 Å². The van der Waals surface area contributed by atoms with Crippen molar-refractivity contribution in [3.8, 4) is 5.75 Å². The minimum absolute atomic E-state index is 0.0857. The van der Waals surface area contributed by atoms with Crippen LogP contribution in [0.5, 0.6) is 5.75 Å². The predicted molar refractivity (Wildman–Crippen MR) is 105 cm³/mol. The van der Waals surface area contributed by atoms with Gasteiger partial charge in [0.25, 0.3) is 0 Å². The molecule has 150 valence electrons. The normalized spacial score (nSPS) is 32.1. The van der Waals surface area contributed by atoms with Crippen molar-refractivity contribution < 1.29 is 13.9 Å². The highest BCUT2D eigenvalue weighted by Crippen LogP contribution is 2.56. The Balaban J connectivity index is 1.38.